The predicted octanol–water partition coefficient (Wildman–Crippen LogP) is 8.21. The summed E-state index contributed by atoms with van der Waals surface area (Å²) >= 11 is 12.4. The number of hydrogen-bond donors (Lipinski definition) is 0. The summed E-state index contributed by atoms with van der Waals surface area (Å²) in [6.07, 6.45) is 0.276. The van der Waals surface area contributed by atoms with Crippen molar-refractivity contribution in [3.63, 3.8) is 0 Å². The number of aromatic nitrogens is 3. The molecule has 2 aliphatic rings. The number of fused-ring (bicyclic) bond motifs is 6. The first-order valence-electron chi connectivity index (χ1n) is 14.2. The zero-order chi connectivity index (χ0) is 30.9. The van der Waals surface area contributed by atoms with Crippen molar-refractivity contribution in [1.82, 2.24) is 15.0 Å². The number of nitriles is 1. The number of methoxy groups -OCH3 is 1. The molecule has 0 N–H and O–H groups in total. The lowest BCUT2D eigenvalue weighted by molar-refractivity contribution is -0.126. The summed E-state index contributed by atoms with van der Waals surface area (Å²) in [7, 11) is 1.49. The minimum absolute atomic E-state index is 0.0124. The number of anilines is 1. The van der Waals surface area contributed by atoms with E-state index in [0.717, 1.165) is 44.8 Å². The van der Waals surface area contributed by atoms with Crippen LogP contribution in [0.15, 0.2) is 97.1 Å². The highest BCUT2D eigenvalue weighted by Gasteiger charge is 2.60. The molecule has 9 heteroatoms. The summed E-state index contributed by atoms with van der Waals surface area (Å²) < 4.78 is 5.52. The average Bonchev–Trinajstić information content (AvgIpc) is 3.34. The molecule has 8 rings (SSSR count). The lowest BCUT2D eigenvalue weighted by Crippen LogP contribution is -2.61. The molecule has 4 aromatic carbocycles. The first kappa shape index (κ1) is 27.3. The molecule has 1 amide bonds. The molecular formula is C36H21Cl2N5O2. The van der Waals surface area contributed by atoms with Crippen LogP contribution in [0.4, 0.5) is 5.69 Å². The molecule has 6 aromatic rings. The van der Waals surface area contributed by atoms with Gasteiger partial charge in [0.1, 0.15) is 17.2 Å². The Kier molecular flexibility index (Phi) is 6.14. The van der Waals surface area contributed by atoms with E-state index in [4.69, 9.17) is 37.9 Å². The number of carbonyl (C=O) groups excluding carboxylic acids is 1. The normalized spacial score (nSPS) is 16.3. The number of pyridine rings is 1. The van der Waals surface area contributed by atoms with Gasteiger partial charge in [-0.2, -0.15) is 5.26 Å². The average molecular weight is 627 g/mol. The van der Waals surface area contributed by atoms with Crippen LogP contribution in [0.2, 0.25) is 10.0 Å². The first-order valence-corrected chi connectivity index (χ1v) is 14.9. The summed E-state index contributed by atoms with van der Waals surface area (Å²) in [6.45, 7) is 0. The smallest absolute Gasteiger partial charge is 0.232 e. The molecule has 1 aliphatic carbocycles. The molecular weight excluding hydrogens is 605 g/mol. The van der Waals surface area contributed by atoms with Gasteiger partial charge in [0, 0.05) is 32.4 Å². The van der Waals surface area contributed by atoms with Gasteiger partial charge in [-0.1, -0.05) is 71.7 Å². The zero-order valence-corrected chi connectivity index (χ0v) is 25.3. The maximum Gasteiger partial charge on any atom is 0.232 e. The summed E-state index contributed by atoms with van der Waals surface area (Å²) in [4.78, 5) is 30.0. The Morgan fingerprint density at radius 2 is 1.56 bits per heavy atom. The summed E-state index contributed by atoms with van der Waals surface area (Å²) in [5.41, 5.74) is 8.10. The summed E-state index contributed by atoms with van der Waals surface area (Å²) in [5.74, 6) is 0.215. The van der Waals surface area contributed by atoms with Crippen LogP contribution in [0.1, 0.15) is 23.2 Å². The SMILES string of the molecule is COc1nc(-c2ccc(N3C(=O)CC34c3ccccc3-c3nc5ccc(Cl)cc5nc34)cc2)cc(-c2ccc(Cl)cc2)c1C#N. The van der Waals surface area contributed by atoms with E-state index < -0.39 is 5.54 Å². The van der Waals surface area contributed by atoms with Crippen molar-refractivity contribution < 1.29 is 9.53 Å². The Hall–Kier alpha value is -5.29. The van der Waals surface area contributed by atoms with Gasteiger partial charge in [-0.05, 0) is 59.7 Å². The molecule has 2 aromatic heterocycles. The van der Waals surface area contributed by atoms with E-state index >= 15 is 0 Å². The van der Waals surface area contributed by atoms with E-state index in [0.29, 0.717) is 32.4 Å². The van der Waals surface area contributed by atoms with Crippen molar-refractivity contribution in [1.29, 1.82) is 5.26 Å². The number of nitrogens with zero attached hydrogens (tertiary/aromatic N) is 5. The van der Waals surface area contributed by atoms with Crippen molar-refractivity contribution in [2.75, 3.05) is 12.0 Å². The van der Waals surface area contributed by atoms with Gasteiger partial charge in [0.15, 0.2) is 0 Å². The number of halogens is 2. The highest BCUT2D eigenvalue weighted by molar-refractivity contribution is 6.31. The van der Waals surface area contributed by atoms with Crippen LogP contribution in [0.3, 0.4) is 0 Å². The maximum atomic E-state index is 13.5. The Morgan fingerprint density at radius 3 is 2.29 bits per heavy atom. The number of carbonyl (C=O) groups is 1. The monoisotopic (exact) mass is 625 g/mol. The highest BCUT2D eigenvalue weighted by Crippen LogP contribution is 2.57. The van der Waals surface area contributed by atoms with Gasteiger partial charge in [-0.15, -0.1) is 0 Å². The van der Waals surface area contributed by atoms with Gasteiger partial charge in [-0.25, -0.2) is 15.0 Å². The first-order chi connectivity index (χ1) is 21.9. The van der Waals surface area contributed by atoms with Gasteiger partial charge in [0.25, 0.3) is 0 Å². The highest BCUT2D eigenvalue weighted by atomic mass is 35.5. The van der Waals surface area contributed by atoms with Crippen molar-refractivity contribution >= 4 is 45.8 Å². The van der Waals surface area contributed by atoms with E-state index in [-0.39, 0.29) is 18.2 Å². The minimum atomic E-state index is -0.786. The number of benzene rings is 4. The van der Waals surface area contributed by atoms with Crippen LogP contribution in [-0.2, 0) is 10.3 Å². The quantitative estimate of drug-likeness (QED) is 0.183. The number of amides is 1. The van der Waals surface area contributed by atoms with E-state index in [1.165, 1.54) is 7.11 Å². The third kappa shape index (κ3) is 4.03. The van der Waals surface area contributed by atoms with E-state index in [2.05, 4.69) is 17.1 Å². The van der Waals surface area contributed by atoms with Crippen molar-refractivity contribution in [2.45, 2.75) is 12.0 Å². The molecule has 0 bridgehead atoms. The summed E-state index contributed by atoms with van der Waals surface area (Å²) in [6, 6.07) is 32.5. The number of β-lactam (4-membered cyclic amide) rings is 1. The van der Waals surface area contributed by atoms with Crippen LogP contribution in [0.25, 0.3) is 44.7 Å². The second kappa shape index (κ2) is 10.1. The molecule has 7 nitrogen and oxygen atoms in total. The van der Waals surface area contributed by atoms with Gasteiger partial charge in [-0.3, -0.25) is 9.69 Å². The Balaban J connectivity index is 1.23. The second-order valence-electron chi connectivity index (χ2n) is 11.0. The van der Waals surface area contributed by atoms with Crippen molar-refractivity contribution in [3.05, 3.63) is 124 Å². The van der Waals surface area contributed by atoms with Gasteiger partial charge < -0.3 is 4.74 Å². The molecule has 3 heterocycles. The Morgan fingerprint density at radius 1 is 0.822 bits per heavy atom. The lowest BCUT2D eigenvalue weighted by Gasteiger charge is -2.50. The fraction of sp³-hybridized carbons (Fsp3) is 0.0833. The molecule has 45 heavy (non-hydrogen) atoms. The predicted molar refractivity (Wildman–Crippen MR) is 174 cm³/mol. The topological polar surface area (TPSA) is 92.0 Å². The van der Waals surface area contributed by atoms with Gasteiger partial charge >= 0.3 is 0 Å². The molecule has 0 saturated carbocycles. The fourth-order valence-corrected chi connectivity index (χ4v) is 6.81. The largest absolute Gasteiger partial charge is 0.480 e. The Bertz CT molecular complexity index is 2250. The fourth-order valence-electron chi connectivity index (χ4n) is 6.51. The molecule has 1 saturated heterocycles. The van der Waals surface area contributed by atoms with Crippen LogP contribution in [0.5, 0.6) is 5.88 Å². The zero-order valence-electron chi connectivity index (χ0n) is 23.8. The standard InChI is InChI=1S/C36H21Cl2N5O2/c1-45-35-27(19-39)26(20-6-10-22(37)11-7-20)17-30(42-35)21-8-13-24(14-9-21)43-32(44)18-36(43)28-5-3-2-4-25(28)33-34(36)41-31-16-23(38)12-15-29(31)40-33/h2-17H,18H2,1H3. The van der Waals surface area contributed by atoms with E-state index in [1.807, 2.05) is 71.6 Å². The van der Waals surface area contributed by atoms with E-state index in [1.54, 1.807) is 24.3 Å². The lowest BCUT2D eigenvalue weighted by atomic mass is 9.77. The third-order valence-corrected chi connectivity index (χ3v) is 9.04. The summed E-state index contributed by atoms with van der Waals surface area (Å²) in [5, 5.41) is 11.1. The van der Waals surface area contributed by atoms with Crippen molar-refractivity contribution in [3.8, 4) is 45.6 Å². The second-order valence-corrected chi connectivity index (χ2v) is 11.8. The Labute approximate surface area is 268 Å². The van der Waals surface area contributed by atoms with Crippen molar-refractivity contribution in [2.24, 2.45) is 0 Å². The molecule has 216 valence electrons. The van der Waals surface area contributed by atoms with E-state index in [9.17, 15) is 10.1 Å². The van der Waals surface area contributed by atoms with Gasteiger partial charge in [0.2, 0.25) is 11.8 Å². The number of hydrogen-bond acceptors (Lipinski definition) is 6. The number of ether oxygens (including phenoxy) is 1. The van der Waals surface area contributed by atoms with Gasteiger partial charge in [0.05, 0.1) is 41.6 Å². The molecule has 1 unspecified atom stereocenters. The van der Waals surface area contributed by atoms with Crippen LogP contribution in [-0.4, -0.2) is 28.0 Å². The molecule has 0 radical (unpaired) electrons. The van der Waals surface area contributed by atoms with Crippen LogP contribution < -0.4 is 9.64 Å². The molecule has 1 fully saturated rings. The molecule has 1 atom stereocenters. The van der Waals surface area contributed by atoms with Crippen LogP contribution in [0, 0.1) is 11.3 Å². The molecule has 1 aliphatic heterocycles. The van der Waals surface area contributed by atoms with Crippen LogP contribution >= 0.6 is 23.2 Å². The maximum absolute atomic E-state index is 13.5. The minimum Gasteiger partial charge on any atom is -0.480 e. The number of rotatable bonds is 4. The third-order valence-electron chi connectivity index (χ3n) is 8.55. The molecule has 1 spiro atoms.